The lowest BCUT2D eigenvalue weighted by Gasteiger charge is -2.19. The van der Waals surface area contributed by atoms with Gasteiger partial charge in [0.05, 0.1) is 5.69 Å². The van der Waals surface area contributed by atoms with Gasteiger partial charge < -0.3 is 15.7 Å². The summed E-state index contributed by atoms with van der Waals surface area (Å²) in [5.41, 5.74) is 5.98. The van der Waals surface area contributed by atoms with Crippen molar-refractivity contribution in [3.8, 4) is 0 Å². The van der Waals surface area contributed by atoms with Crippen LogP contribution in [-0.2, 0) is 4.79 Å². The number of thiazole rings is 1. The molecule has 1 unspecified atom stereocenters. The Kier molecular flexibility index (Phi) is 3.63. The SMILES string of the molecule is CCN(CC1CC1)c1nc(C(N)C(=O)O)cs1. The van der Waals surface area contributed by atoms with E-state index in [1.54, 1.807) is 5.38 Å². The largest absolute Gasteiger partial charge is 0.480 e. The van der Waals surface area contributed by atoms with Crippen molar-refractivity contribution in [1.82, 2.24) is 4.98 Å². The Morgan fingerprint density at radius 1 is 1.76 bits per heavy atom. The highest BCUT2D eigenvalue weighted by Gasteiger charge is 2.26. The average Bonchev–Trinajstić information content (AvgIpc) is 3.00. The molecule has 0 aliphatic heterocycles. The lowest BCUT2D eigenvalue weighted by atomic mass is 10.2. The van der Waals surface area contributed by atoms with Gasteiger partial charge in [0, 0.05) is 18.5 Å². The molecule has 1 aromatic rings. The third-order valence-electron chi connectivity index (χ3n) is 2.92. The van der Waals surface area contributed by atoms with Crippen LogP contribution in [0.25, 0.3) is 0 Å². The Morgan fingerprint density at radius 2 is 2.47 bits per heavy atom. The molecular formula is C11H17N3O2S. The molecule has 1 aliphatic carbocycles. The van der Waals surface area contributed by atoms with Crippen LogP contribution in [-0.4, -0.2) is 29.1 Å². The quantitative estimate of drug-likeness (QED) is 0.804. The molecular weight excluding hydrogens is 238 g/mol. The number of aliphatic carboxylic acids is 1. The lowest BCUT2D eigenvalue weighted by molar-refractivity contribution is -0.138. The first-order valence-corrected chi connectivity index (χ1v) is 6.68. The van der Waals surface area contributed by atoms with Gasteiger partial charge in [0.2, 0.25) is 0 Å². The van der Waals surface area contributed by atoms with E-state index in [9.17, 15) is 4.79 Å². The zero-order valence-corrected chi connectivity index (χ0v) is 10.6. The van der Waals surface area contributed by atoms with Gasteiger partial charge in [-0.25, -0.2) is 4.98 Å². The van der Waals surface area contributed by atoms with Crippen LogP contribution < -0.4 is 10.6 Å². The van der Waals surface area contributed by atoms with Gasteiger partial charge in [-0.15, -0.1) is 11.3 Å². The molecule has 94 valence electrons. The molecule has 6 heteroatoms. The summed E-state index contributed by atoms with van der Waals surface area (Å²) in [6.07, 6.45) is 2.59. The predicted molar refractivity (Wildman–Crippen MR) is 67.3 cm³/mol. The number of carboxylic acids is 1. The van der Waals surface area contributed by atoms with Gasteiger partial charge in [0.15, 0.2) is 5.13 Å². The number of rotatable bonds is 6. The van der Waals surface area contributed by atoms with Crippen molar-refractivity contribution in [1.29, 1.82) is 0 Å². The zero-order chi connectivity index (χ0) is 12.4. The summed E-state index contributed by atoms with van der Waals surface area (Å²) in [4.78, 5) is 17.3. The minimum atomic E-state index is -1.04. The van der Waals surface area contributed by atoms with Crippen molar-refractivity contribution in [3.63, 3.8) is 0 Å². The standard InChI is InChI=1S/C11H17N3O2S/c1-2-14(5-7-3-4-7)11-13-8(6-17-11)9(12)10(15)16/h6-7,9H,2-5,12H2,1H3,(H,15,16). The van der Waals surface area contributed by atoms with E-state index >= 15 is 0 Å². The molecule has 0 radical (unpaired) electrons. The minimum absolute atomic E-state index is 0.451. The summed E-state index contributed by atoms with van der Waals surface area (Å²) in [6.45, 7) is 4.00. The predicted octanol–water partition coefficient (Wildman–Crippen LogP) is 1.46. The molecule has 0 amide bonds. The highest BCUT2D eigenvalue weighted by atomic mass is 32.1. The van der Waals surface area contributed by atoms with E-state index in [2.05, 4.69) is 16.8 Å². The minimum Gasteiger partial charge on any atom is -0.480 e. The van der Waals surface area contributed by atoms with Crippen LogP contribution in [0.4, 0.5) is 5.13 Å². The monoisotopic (exact) mass is 255 g/mol. The van der Waals surface area contributed by atoms with Gasteiger partial charge in [-0.1, -0.05) is 0 Å². The van der Waals surface area contributed by atoms with Crippen molar-refractivity contribution < 1.29 is 9.90 Å². The summed E-state index contributed by atoms with van der Waals surface area (Å²) in [5.74, 6) is -0.248. The van der Waals surface area contributed by atoms with E-state index in [0.29, 0.717) is 5.69 Å². The number of carboxylic acid groups (broad SMARTS) is 1. The maximum atomic E-state index is 10.8. The van der Waals surface area contributed by atoms with Gasteiger partial charge in [-0.3, -0.25) is 4.79 Å². The molecule has 1 heterocycles. The molecule has 2 rings (SSSR count). The molecule has 0 saturated heterocycles. The number of hydrogen-bond acceptors (Lipinski definition) is 5. The Morgan fingerprint density at radius 3 is 3.00 bits per heavy atom. The molecule has 1 saturated carbocycles. The third-order valence-corrected chi connectivity index (χ3v) is 3.84. The second kappa shape index (κ2) is 5.01. The lowest BCUT2D eigenvalue weighted by Crippen LogP contribution is -2.26. The van der Waals surface area contributed by atoms with Gasteiger partial charge in [-0.2, -0.15) is 0 Å². The number of nitrogens with zero attached hydrogens (tertiary/aromatic N) is 2. The molecule has 0 bridgehead atoms. The van der Waals surface area contributed by atoms with E-state index in [-0.39, 0.29) is 0 Å². The maximum Gasteiger partial charge on any atom is 0.326 e. The van der Waals surface area contributed by atoms with Crippen LogP contribution in [0.15, 0.2) is 5.38 Å². The van der Waals surface area contributed by atoms with Gasteiger partial charge in [-0.05, 0) is 25.7 Å². The van der Waals surface area contributed by atoms with Crippen molar-refractivity contribution in [2.24, 2.45) is 11.7 Å². The number of hydrogen-bond donors (Lipinski definition) is 2. The van der Waals surface area contributed by atoms with Gasteiger partial charge in [0.1, 0.15) is 6.04 Å². The summed E-state index contributed by atoms with van der Waals surface area (Å²) in [6, 6.07) is -1.01. The highest BCUT2D eigenvalue weighted by molar-refractivity contribution is 7.13. The molecule has 0 aromatic carbocycles. The first-order valence-electron chi connectivity index (χ1n) is 5.80. The maximum absolute atomic E-state index is 10.8. The summed E-state index contributed by atoms with van der Waals surface area (Å²) in [5, 5.41) is 11.4. The number of aromatic nitrogens is 1. The van der Waals surface area contributed by atoms with E-state index in [0.717, 1.165) is 24.1 Å². The van der Waals surface area contributed by atoms with Gasteiger partial charge >= 0.3 is 5.97 Å². The van der Waals surface area contributed by atoms with Gasteiger partial charge in [0.25, 0.3) is 0 Å². The molecule has 17 heavy (non-hydrogen) atoms. The van der Waals surface area contributed by atoms with Crippen LogP contribution in [0.1, 0.15) is 31.5 Å². The first-order chi connectivity index (χ1) is 8.11. The third kappa shape index (κ3) is 2.95. The van der Waals surface area contributed by atoms with Crippen molar-refractivity contribution in [2.45, 2.75) is 25.8 Å². The first kappa shape index (κ1) is 12.3. The highest BCUT2D eigenvalue weighted by Crippen LogP contribution is 2.32. The van der Waals surface area contributed by atoms with Crippen LogP contribution in [0.5, 0.6) is 0 Å². The van der Waals surface area contributed by atoms with E-state index < -0.39 is 12.0 Å². The Balaban J connectivity index is 2.06. The second-order valence-corrected chi connectivity index (χ2v) is 5.19. The smallest absolute Gasteiger partial charge is 0.326 e. The molecule has 0 spiro atoms. The summed E-state index contributed by atoms with van der Waals surface area (Å²) < 4.78 is 0. The Labute approximate surface area is 104 Å². The topological polar surface area (TPSA) is 79.5 Å². The van der Waals surface area contributed by atoms with Crippen LogP contribution >= 0.6 is 11.3 Å². The molecule has 5 nitrogen and oxygen atoms in total. The van der Waals surface area contributed by atoms with E-state index in [4.69, 9.17) is 10.8 Å². The number of carbonyl (C=O) groups is 1. The Bertz CT molecular complexity index is 403. The molecule has 1 aromatic heterocycles. The van der Waals surface area contributed by atoms with Crippen LogP contribution in [0, 0.1) is 5.92 Å². The van der Waals surface area contributed by atoms with Crippen LogP contribution in [0.2, 0.25) is 0 Å². The fourth-order valence-corrected chi connectivity index (χ4v) is 2.58. The van der Waals surface area contributed by atoms with Crippen molar-refractivity contribution in [2.75, 3.05) is 18.0 Å². The van der Waals surface area contributed by atoms with E-state index in [1.807, 2.05) is 0 Å². The van der Waals surface area contributed by atoms with Crippen LogP contribution in [0.3, 0.4) is 0 Å². The molecule has 3 N–H and O–H groups in total. The fourth-order valence-electron chi connectivity index (χ4n) is 1.65. The molecule has 1 atom stereocenters. The number of nitrogens with two attached hydrogens (primary N) is 1. The molecule has 1 aliphatic rings. The molecule has 1 fully saturated rings. The summed E-state index contributed by atoms with van der Waals surface area (Å²) in [7, 11) is 0. The zero-order valence-electron chi connectivity index (χ0n) is 9.80. The summed E-state index contributed by atoms with van der Waals surface area (Å²) >= 11 is 1.47. The number of anilines is 1. The average molecular weight is 255 g/mol. The van der Waals surface area contributed by atoms with Crippen molar-refractivity contribution in [3.05, 3.63) is 11.1 Å². The fraction of sp³-hybridized carbons (Fsp3) is 0.636. The normalized spacial score (nSPS) is 16.8. The Hall–Kier alpha value is -1.14. The van der Waals surface area contributed by atoms with E-state index in [1.165, 1.54) is 24.2 Å². The second-order valence-electron chi connectivity index (χ2n) is 4.35. The van der Waals surface area contributed by atoms with Crippen molar-refractivity contribution >= 4 is 22.4 Å².